The molecule has 2 N–H and O–H groups in total. The number of hydrogen-bond acceptors (Lipinski definition) is 8. The van der Waals surface area contributed by atoms with Crippen LogP contribution >= 0.6 is 0 Å². The molecule has 0 atom stereocenters. The zero-order chi connectivity index (χ0) is 26.7. The van der Waals surface area contributed by atoms with Gasteiger partial charge in [0, 0.05) is 18.8 Å². The van der Waals surface area contributed by atoms with E-state index in [-0.39, 0.29) is 35.2 Å². The van der Waals surface area contributed by atoms with Crippen LogP contribution in [0.15, 0.2) is 58.0 Å². The quantitative estimate of drug-likeness (QED) is 0.363. The molecular weight excluding hydrogens is 510 g/mol. The fourth-order valence-electron chi connectivity index (χ4n) is 3.57. The lowest BCUT2D eigenvalue weighted by atomic mass is 10.0. The van der Waals surface area contributed by atoms with Crippen LogP contribution in [0.2, 0.25) is 0 Å². The minimum atomic E-state index is -4.38. The summed E-state index contributed by atoms with van der Waals surface area (Å²) >= 11 is 0. The predicted octanol–water partition coefficient (Wildman–Crippen LogP) is 2.74. The van der Waals surface area contributed by atoms with Gasteiger partial charge < -0.3 is 9.64 Å². The Morgan fingerprint density at radius 1 is 1.06 bits per heavy atom. The molecule has 1 amide bonds. The van der Waals surface area contributed by atoms with Crippen LogP contribution in [0.5, 0.6) is 0 Å². The molecule has 2 aromatic rings. The van der Waals surface area contributed by atoms with Gasteiger partial charge in [-0.3, -0.25) is 13.9 Å². The average Bonchev–Trinajstić information content (AvgIpc) is 3.10. The summed E-state index contributed by atoms with van der Waals surface area (Å²) in [5.74, 6) is -0.770. The minimum Gasteiger partial charge on any atom is -0.476 e. The largest absolute Gasteiger partial charge is 0.476 e. The van der Waals surface area contributed by atoms with Gasteiger partial charge in [0.1, 0.15) is 5.57 Å². The van der Waals surface area contributed by atoms with Crippen LogP contribution in [-0.4, -0.2) is 63.2 Å². The molecule has 13 heteroatoms. The molecule has 36 heavy (non-hydrogen) atoms. The van der Waals surface area contributed by atoms with Crippen molar-refractivity contribution in [3.63, 3.8) is 0 Å². The smallest absolute Gasteiger partial charge is 0.294 e. The Balaban J connectivity index is 1.91. The van der Waals surface area contributed by atoms with Crippen LogP contribution in [-0.2, 0) is 29.8 Å². The Bertz CT molecular complexity index is 1420. The van der Waals surface area contributed by atoms with Crippen LogP contribution in [0.1, 0.15) is 25.0 Å². The number of hydrazone groups is 1. The zero-order valence-corrected chi connectivity index (χ0v) is 21.6. The molecule has 2 aromatic carbocycles. The van der Waals surface area contributed by atoms with Gasteiger partial charge in [-0.15, -0.1) is 5.10 Å². The summed E-state index contributed by atoms with van der Waals surface area (Å²) in [7, 11) is -8.47. The first-order chi connectivity index (χ1) is 16.8. The van der Waals surface area contributed by atoms with Crippen molar-refractivity contribution < 1.29 is 35.5 Å². The fourth-order valence-corrected chi connectivity index (χ4v) is 4.50. The molecule has 1 aliphatic heterocycles. The van der Waals surface area contributed by atoms with Crippen molar-refractivity contribution in [1.29, 1.82) is 0 Å². The van der Waals surface area contributed by atoms with Gasteiger partial charge >= 0.3 is 0 Å². The molecule has 0 fully saturated rings. The van der Waals surface area contributed by atoms with Crippen LogP contribution < -0.4 is 9.91 Å². The van der Waals surface area contributed by atoms with Crippen molar-refractivity contribution in [2.45, 2.75) is 25.7 Å². The number of carbonyl (C=O) groups is 1. The second kappa shape index (κ2) is 10.8. The lowest BCUT2D eigenvalue weighted by molar-refractivity contribution is -0.114. The highest BCUT2D eigenvalue weighted by Gasteiger charge is 2.33. The fraction of sp³-hybridized carbons (Fsp3) is 0.304. The summed E-state index contributed by atoms with van der Waals surface area (Å²) in [6.07, 6.45) is 1.64. The van der Waals surface area contributed by atoms with E-state index in [1.165, 1.54) is 24.3 Å². The Labute approximate surface area is 210 Å². The maximum absolute atomic E-state index is 13.2. The normalized spacial score (nSPS) is 15.4. The standard InChI is InChI=1S/C23H27N3O8S2/c1-4-25(12-13-35(28,29)30)19-7-6-17(16(3)14-19)15-21-22(34-5-2)24-26(23(21)27)18-8-10-20(11-9-18)36(31,32)33/h6-11,14-15H,4-5,12-13H2,1-3H3,(H,28,29,30)(H,31,32,33)/b21-15+. The van der Waals surface area contributed by atoms with Gasteiger partial charge in [0.2, 0.25) is 5.90 Å². The Hall–Kier alpha value is -3.26. The lowest BCUT2D eigenvalue weighted by Gasteiger charge is -2.23. The second-order valence-electron chi connectivity index (χ2n) is 7.89. The molecule has 11 nitrogen and oxygen atoms in total. The number of anilines is 2. The van der Waals surface area contributed by atoms with E-state index in [0.717, 1.165) is 16.3 Å². The molecule has 0 saturated carbocycles. The van der Waals surface area contributed by atoms with E-state index in [1.807, 2.05) is 24.8 Å². The van der Waals surface area contributed by atoms with E-state index < -0.39 is 31.9 Å². The van der Waals surface area contributed by atoms with Crippen molar-refractivity contribution in [1.82, 2.24) is 0 Å². The third-order valence-corrected chi connectivity index (χ3v) is 6.99. The first-order valence-electron chi connectivity index (χ1n) is 11.0. The maximum Gasteiger partial charge on any atom is 0.294 e. The lowest BCUT2D eigenvalue weighted by Crippen LogP contribution is -2.29. The van der Waals surface area contributed by atoms with Crippen LogP contribution in [0.25, 0.3) is 6.08 Å². The first-order valence-corrected chi connectivity index (χ1v) is 14.0. The van der Waals surface area contributed by atoms with E-state index in [4.69, 9.17) is 9.29 Å². The molecule has 0 aromatic heterocycles. The molecule has 0 saturated heterocycles. The third kappa shape index (κ3) is 6.49. The van der Waals surface area contributed by atoms with Gasteiger partial charge in [0.15, 0.2) is 0 Å². The summed E-state index contributed by atoms with van der Waals surface area (Å²) in [5, 5.41) is 5.33. The van der Waals surface area contributed by atoms with Crippen molar-refractivity contribution in [2.75, 3.05) is 35.4 Å². The summed E-state index contributed by atoms with van der Waals surface area (Å²) in [5.41, 5.74) is 2.77. The van der Waals surface area contributed by atoms with E-state index in [0.29, 0.717) is 12.1 Å². The number of hydrogen-bond donors (Lipinski definition) is 2. The third-order valence-electron chi connectivity index (χ3n) is 5.42. The average molecular weight is 538 g/mol. The molecule has 0 radical (unpaired) electrons. The van der Waals surface area contributed by atoms with Gasteiger partial charge in [0.25, 0.3) is 26.1 Å². The van der Waals surface area contributed by atoms with Crippen molar-refractivity contribution in [2.24, 2.45) is 5.10 Å². The van der Waals surface area contributed by atoms with Crippen LogP contribution in [0.3, 0.4) is 0 Å². The number of nitrogens with zero attached hydrogens (tertiary/aromatic N) is 3. The van der Waals surface area contributed by atoms with Gasteiger partial charge in [-0.25, -0.2) is 0 Å². The Morgan fingerprint density at radius 2 is 1.72 bits per heavy atom. The first kappa shape index (κ1) is 27.3. The van der Waals surface area contributed by atoms with E-state index >= 15 is 0 Å². The monoisotopic (exact) mass is 537 g/mol. The predicted molar refractivity (Wildman–Crippen MR) is 136 cm³/mol. The number of amides is 1. The summed E-state index contributed by atoms with van der Waals surface area (Å²) in [6.45, 7) is 6.38. The van der Waals surface area contributed by atoms with E-state index in [9.17, 15) is 26.2 Å². The molecule has 0 spiro atoms. The molecule has 1 heterocycles. The number of carbonyl (C=O) groups excluding carboxylic acids is 1. The van der Waals surface area contributed by atoms with E-state index in [2.05, 4.69) is 5.10 Å². The molecule has 194 valence electrons. The Morgan fingerprint density at radius 3 is 2.25 bits per heavy atom. The van der Waals surface area contributed by atoms with Crippen LogP contribution in [0.4, 0.5) is 11.4 Å². The van der Waals surface area contributed by atoms with Gasteiger partial charge in [-0.05, 0) is 74.4 Å². The molecular formula is C23H27N3O8S2. The zero-order valence-electron chi connectivity index (χ0n) is 19.9. The molecule has 1 aliphatic rings. The van der Waals surface area contributed by atoms with Crippen molar-refractivity contribution in [3.05, 3.63) is 59.2 Å². The topological polar surface area (TPSA) is 154 Å². The minimum absolute atomic E-state index is 0.105. The number of benzene rings is 2. The van der Waals surface area contributed by atoms with Gasteiger partial charge in [-0.2, -0.15) is 21.8 Å². The van der Waals surface area contributed by atoms with E-state index in [1.54, 1.807) is 25.1 Å². The summed E-state index contributed by atoms with van der Waals surface area (Å²) in [4.78, 5) is 14.7. The molecule has 0 aliphatic carbocycles. The highest BCUT2D eigenvalue weighted by Crippen LogP contribution is 2.28. The molecule has 3 rings (SSSR count). The van der Waals surface area contributed by atoms with Crippen LogP contribution in [0, 0.1) is 6.92 Å². The van der Waals surface area contributed by atoms with Gasteiger partial charge in [-0.1, -0.05) is 6.07 Å². The summed E-state index contributed by atoms with van der Waals surface area (Å²) < 4.78 is 68.6. The maximum atomic E-state index is 13.2. The van der Waals surface area contributed by atoms with Crippen molar-refractivity contribution in [3.8, 4) is 0 Å². The highest BCUT2D eigenvalue weighted by molar-refractivity contribution is 7.86. The number of rotatable bonds is 9. The van der Waals surface area contributed by atoms with Gasteiger partial charge in [0.05, 0.1) is 22.9 Å². The molecule has 0 bridgehead atoms. The SMILES string of the molecule is CCOC1=NN(c2ccc(S(=O)(=O)O)cc2)C(=O)/C1=C/c1ccc(N(CC)CCS(=O)(=O)O)cc1C. The number of aryl methyl sites for hydroxylation is 1. The molecule has 0 unspecified atom stereocenters. The second-order valence-corrected chi connectivity index (χ2v) is 10.9. The number of ether oxygens (including phenoxy) is 1. The Kier molecular flexibility index (Phi) is 8.19. The highest BCUT2D eigenvalue weighted by atomic mass is 32.2. The van der Waals surface area contributed by atoms with Crippen molar-refractivity contribution >= 4 is 49.5 Å². The summed E-state index contributed by atoms with van der Waals surface area (Å²) in [6, 6.07) is 10.5.